The molecule has 0 fully saturated rings. The van der Waals surface area contributed by atoms with Crippen molar-refractivity contribution in [1.29, 1.82) is 0 Å². The molecule has 5 heteroatoms. The largest absolute Gasteiger partial charge is 0.493 e. The van der Waals surface area contributed by atoms with Crippen LogP contribution in [0, 0.1) is 13.8 Å². The molecule has 1 aliphatic heterocycles. The number of fused-ring (bicyclic) bond motifs is 1. The number of aromatic nitrogens is 1. The molecule has 0 saturated heterocycles. The monoisotopic (exact) mass is 348 g/mol. The zero-order chi connectivity index (χ0) is 17.6. The Labute approximate surface area is 149 Å². The lowest BCUT2D eigenvalue weighted by Crippen LogP contribution is -2.11. The lowest BCUT2D eigenvalue weighted by Gasteiger charge is -2.09. The SMILES string of the molecule is Cc1cccc(-n2c(O)c(/C=C3/C=Nc4ccccc43)sc2=O)c1C. The number of nitrogens with zero attached hydrogens (tertiary/aromatic N) is 2. The lowest BCUT2D eigenvalue weighted by molar-refractivity contribution is 0.439. The van der Waals surface area contributed by atoms with Crippen LogP contribution < -0.4 is 4.87 Å². The Balaban J connectivity index is 1.85. The van der Waals surface area contributed by atoms with Crippen LogP contribution >= 0.6 is 11.3 Å². The maximum absolute atomic E-state index is 12.5. The van der Waals surface area contributed by atoms with E-state index in [4.69, 9.17) is 0 Å². The average molecular weight is 348 g/mol. The van der Waals surface area contributed by atoms with E-state index in [1.165, 1.54) is 4.57 Å². The molecule has 0 saturated carbocycles. The van der Waals surface area contributed by atoms with E-state index in [2.05, 4.69) is 4.99 Å². The molecule has 1 aliphatic rings. The number of aryl methyl sites for hydroxylation is 1. The maximum Gasteiger partial charge on any atom is 0.315 e. The summed E-state index contributed by atoms with van der Waals surface area (Å²) in [6.07, 6.45) is 3.58. The molecule has 4 nitrogen and oxygen atoms in total. The van der Waals surface area contributed by atoms with Gasteiger partial charge < -0.3 is 5.11 Å². The second kappa shape index (κ2) is 5.86. The first kappa shape index (κ1) is 15.6. The Morgan fingerprint density at radius 3 is 2.76 bits per heavy atom. The van der Waals surface area contributed by atoms with Crippen LogP contribution in [0.5, 0.6) is 5.88 Å². The van der Waals surface area contributed by atoms with E-state index >= 15 is 0 Å². The van der Waals surface area contributed by atoms with Gasteiger partial charge in [0, 0.05) is 17.4 Å². The molecule has 0 bridgehead atoms. The maximum atomic E-state index is 12.5. The van der Waals surface area contributed by atoms with Crippen molar-refractivity contribution in [3.63, 3.8) is 0 Å². The third kappa shape index (κ3) is 2.53. The molecule has 3 aromatic rings. The first-order valence-electron chi connectivity index (χ1n) is 7.93. The van der Waals surface area contributed by atoms with Gasteiger partial charge in [-0.2, -0.15) is 0 Å². The summed E-state index contributed by atoms with van der Waals surface area (Å²) in [6.45, 7) is 3.94. The fourth-order valence-corrected chi connectivity index (χ4v) is 3.79. The van der Waals surface area contributed by atoms with Crippen LogP contribution in [0.15, 0.2) is 52.3 Å². The Morgan fingerprint density at radius 1 is 1.12 bits per heavy atom. The van der Waals surface area contributed by atoms with Gasteiger partial charge in [0.1, 0.15) is 0 Å². The van der Waals surface area contributed by atoms with E-state index in [-0.39, 0.29) is 10.8 Å². The molecule has 0 atom stereocenters. The Kier molecular flexibility index (Phi) is 3.66. The van der Waals surface area contributed by atoms with E-state index in [0.29, 0.717) is 10.6 Å². The second-order valence-electron chi connectivity index (χ2n) is 5.99. The van der Waals surface area contributed by atoms with Gasteiger partial charge in [0.2, 0.25) is 5.88 Å². The Bertz CT molecular complexity index is 1100. The summed E-state index contributed by atoms with van der Waals surface area (Å²) in [4.78, 5) is 17.2. The second-order valence-corrected chi connectivity index (χ2v) is 6.98. The number of aliphatic imine (C=N–C) groups is 1. The molecule has 4 rings (SSSR count). The first-order valence-corrected chi connectivity index (χ1v) is 8.74. The Hall–Kier alpha value is -2.92. The first-order chi connectivity index (χ1) is 12.1. The number of rotatable bonds is 2. The summed E-state index contributed by atoms with van der Waals surface area (Å²) in [6, 6.07) is 13.5. The molecule has 0 spiro atoms. The van der Waals surface area contributed by atoms with Gasteiger partial charge in [-0.1, -0.05) is 41.7 Å². The fraction of sp³-hybridized carbons (Fsp3) is 0.100. The van der Waals surface area contributed by atoms with Gasteiger partial charge in [-0.3, -0.25) is 9.79 Å². The standard InChI is InChI=1S/C20H16N2O2S/c1-12-6-5-9-17(13(12)2)22-19(23)18(25-20(22)24)10-14-11-21-16-8-4-3-7-15(14)16/h3-11,23H,1-2H3/b14-10-. The fourth-order valence-electron chi connectivity index (χ4n) is 2.96. The predicted molar refractivity (Wildman–Crippen MR) is 104 cm³/mol. The van der Waals surface area contributed by atoms with Crippen molar-refractivity contribution in [2.24, 2.45) is 4.99 Å². The Morgan fingerprint density at radius 2 is 1.92 bits per heavy atom. The predicted octanol–water partition coefficient (Wildman–Crippen LogP) is 4.48. The van der Waals surface area contributed by atoms with Crippen LogP contribution in [0.2, 0.25) is 0 Å². The van der Waals surface area contributed by atoms with Gasteiger partial charge in [0.25, 0.3) is 0 Å². The molecule has 0 radical (unpaired) electrons. The van der Waals surface area contributed by atoms with Crippen molar-refractivity contribution in [1.82, 2.24) is 4.57 Å². The van der Waals surface area contributed by atoms with E-state index in [1.807, 2.05) is 62.4 Å². The normalized spacial score (nSPS) is 14.2. The van der Waals surface area contributed by atoms with E-state index < -0.39 is 0 Å². The summed E-state index contributed by atoms with van der Waals surface area (Å²) in [7, 11) is 0. The zero-order valence-electron chi connectivity index (χ0n) is 13.9. The molecule has 2 heterocycles. The smallest absolute Gasteiger partial charge is 0.315 e. The summed E-state index contributed by atoms with van der Waals surface area (Å²) in [5.41, 5.74) is 5.55. The number of thiazole rings is 1. The third-order valence-electron chi connectivity index (χ3n) is 4.47. The number of aromatic hydroxyl groups is 1. The number of para-hydroxylation sites is 1. The average Bonchev–Trinajstić information content (AvgIpc) is 3.13. The quantitative estimate of drug-likeness (QED) is 0.742. The molecule has 2 aromatic carbocycles. The minimum atomic E-state index is -0.207. The van der Waals surface area contributed by atoms with Crippen molar-refractivity contribution < 1.29 is 5.11 Å². The molecular weight excluding hydrogens is 332 g/mol. The molecular formula is C20H16N2O2S. The summed E-state index contributed by atoms with van der Waals surface area (Å²) >= 11 is 1.03. The number of allylic oxidation sites excluding steroid dienone is 1. The van der Waals surface area contributed by atoms with Gasteiger partial charge in [-0.15, -0.1) is 0 Å². The highest BCUT2D eigenvalue weighted by Gasteiger charge is 2.18. The van der Waals surface area contributed by atoms with Gasteiger partial charge in [-0.25, -0.2) is 4.57 Å². The molecule has 25 heavy (non-hydrogen) atoms. The summed E-state index contributed by atoms with van der Waals surface area (Å²) < 4.78 is 1.37. The molecule has 0 unspecified atom stereocenters. The van der Waals surface area contributed by atoms with Crippen LogP contribution in [0.25, 0.3) is 17.3 Å². The van der Waals surface area contributed by atoms with E-state index in [1.54, 1.807) is 6.21 Å². The van der Waals surface area contributed by atoms with Crippen molar-refractivity contribution in [2.45, 2.75) is 13.8 Å². The van der Waals surface area contributed by atoms with Gasteiger partial charge >= 0.3 is 4.87 Å². The van der Waals surface area contributed by atoms with Crippen LogP contribution in [-0.4, -0.2) is 15.9 Å². The van der Waals surface area contributed by atoms with Gasteiger partial charge in [-0.05, 0) is 43.2 Å². The van der Waals surface area contributed by atoms with Crippen LogP contribution in [0.1, 0.15) is 21.6 Å². The van der Waals surface area contributed by atoms with Gasteiger partial charge in [0.15, 0.2) is 0 Å². The third-order valence-corrected chi connectivity index (χ3v) is 5.35. The zero-order valence-corrected chi connectivity index (χ0v) is 14.7. The van der Waals surface area contributed by atoms with Crippen molar-refractivity contribution >= 4 is 34.9 Å². The number of hydrogen-bond donors (Lipinski definition) is 1. The number of benzene rings is 2. The molecule has 0 amide bonds. The number of hydrogen-bond acceptors (Lipinski definition) is 4. The molecule has 1 N–H and O–H groups in total. The van der Waals surface area contributed by atoms with Crippen LogP contribution in [0.3, 0.4) is 0 Å². The highest BCUT2D eigenvalue weighted by molar-refractivity contribution is 7.10. The van der Waals surface area contributed by atoms with Crippen molar-refractivity contribution in [3.05, 3.63) is 73.7 Å². The molecule has 124 valence electrons. The van der Waals surface area contributed by atoms with Crippen molar-refractivity contribution in [2.75, 3.05) is 0 Å². The summed E-state index contributed by atoms with van der Waals surface area (Å²) in [5.74, 6) is -0.0334. The van der Waals surface area contributed by atoms with Crippen LogP contribution in [-0.2, 0) is 0 Å². The highest BCUT2D eigenvalue weighted by atomic mass is 32.1. The van der Waals surface area contributed by atoms with E-state index in [0.717, 1.165) is 39.3 Å². The van der Waals surface area contributed by atoms with Crippen molar-refractivity contribution in [3.8, 4) is 11.6 Å². The molecule has 0 aliphatic carbocycles. The van der Waals surface area contributed by atoms with E-state index in [9.17, 15) is 9.90 Å². The lowest BCUT2D eigenvalue weighted by atomic mass is 10.1. The minimum absolute atomic E-state index is 0.0334. The molecule has 1 aromatic heterocycles. The topological polar surface area (TPSA) is 54.6 Å². The van der Waals surface area contributed by atoms with Gasteiger partial charge in [0.05, 0.1) is 16.3 Å². The van der Waals surface area contributed by atoms with Crippen LogP contribution in [0.4, 0.5) is 5.69 Å². The highest BCUT2D eigenvalue weighted by Crippen LogP contribution is 2.35. The summed E-state index contributed by atoms with van der Waals surface area (Å²) in [5, 5.41) is 10.7. The minimum Gasteiger partial charge on any atom is -0.493 e.